The van der Waals surface area contributed by atoms with Crippen LogP contribution in [-0.4, -0.2) is 16.3 Å². The lowest BCUT2D eigenvalue weighted by atomic mass is 9.75. The van der Waals surface area contributed by atoms with Crippen LogP contribution < -0.4 is 5.73 Å². The van der Waals surface area contributed by atoms with Gasteiger partial charge in [0.05, 0.1) is 0 Å². The molecule has 0 radical (unpaired) electrons. The predicted molar refractivity (Wildman–Crippen MR) is 59.5 cm³/mol. The van der Waals surface area contributed by atoms with Crippen molar-refractivity contribution in [1.29, 1.82) is 0 Å². The second kappa shape index (κ2) is 4.08. The topological polar surface area (TPSA) is 78.1 Å². The molecule has 5 heteroatoms. The van der Waals surface area contributed by atoms with Crippen LogP contribution in [0.5, 0.6) is 0 Å². The third kappa shape index (κ3) is 2.29. The van der Waals surface area contributed by atoms with Crippen LogP contribution in [0.25, 0.3) is 0 Å². The number of ether oxygens (including phenoxy) is 1. The van der Waals surface area contributed by atoms with Crippen LogP contribution in [0.4, 0.5) is 4.79 Å². The molecule has 0 aliphatic rings. The molecule has 1 heterocycles. The van der Waals surface area contributed by atoms with Crippen LogP contribution in [0, 0.1) is 5.41 Å². The summed E-state index contributed by atoms with van der Waals surface area (Å²) >= 11 is 0. The fraction of sp³-hybridized carbons (Fsp3) is 0.545. The van der Waals surface area contributed by atoms with Crippen molar-refractivity contribution in [3.8, 4) is 0 Å². The maximum absolute atomic E-state index is 11.0. The number of hydrogen-bond donors (Lipinski definition) is 1. The van der Waals surface area contributed by atoms with Crippen LogP contribution in [-0.2, 0) is 10.3 Å². The Labute approximate surface area is 95.0 Å². The summed E-state index contributed by atoms with van der Waals surface area (Å²) in [5.41, 5.74) is 4.46. The normalized spacial score (nSPS) is 15.2. The first-order valence-electron chi connectivity index (χ1n) is 5.04. The lowest BCUT2D eigenvalue weighted by Crippen LogP contribution is -2.43. The number of hydrogen-bond acceptors (Lipinski definition) is 4. The first-order valence-corrected chi connectivity index (χ1v) is 5.04. The molecule has 1 aromatic rings. The van der Waals surface area contributed by atoms with E-state index in [1.165, 1.54) is 0 Å². The fourth-order valence-electron chi connectivity index (χ4n) is 1.35. The standard InChI is InChI=1S/C11H17N3O2/c1-10(2,3)11(4,16-9(12)15)8-6-5-7-13-14-8/h5-7H,1-4H3,(H2,12,15). The van der Waals surface area contributed by atoms with E-state index in [4.69, 9.17) is 10.5 Å². The molecule has 88 valence electrons. The number of carbonyl (C=O) groups is 1. The minimum atomic E-state index is -0.896. The predicted octanol–water partition coefficient (Wildman–Crippen LogP) is 1.83. The van der Waals surface area contributed by atoms with Gasteiger partial charge >= 0.3 is 6.09 Å². The lowest BCUT2D eigenvalue weighted by molar-refractivity contribution is -0.0596. The summed E-state index contributed by atoms with van der Waals surface area (Å²) in [7, 11) is 0. The molecule has 5 nitrogen and oxygen atoms in total. The van der Waals surface area contributed by atoms with E-state index in [-0.39, 0.29) is 5.41 Å². The molecule has 16 heavy (non-hydrogen) atoms. The van der Waals surface area contributed by atoms with Gasteiger partial charge in [0, 0.05) is 11.6 Å². The molecule has 0 aromatic carbocycles. The van der Waals surface area contributed by atoms with E-state index in [2.05, 4.69) is 10.2 Å². The summed E-state index contributed by atoms with van der Waals surface area (Å²) in [5.74, 6) is 0. The molecule has 1 aromatic heterocycles. The zero-order chi connectivity index (χ0) is 12.4. The van der Waals surface area contributed by atoms with Crippen molar-refractivity contribution in [1.82, 2.24) is 10.2 Å². The monoisotopic (exact) mass is 223 g/mol. The van der Waals surface area contributed by atoms with Gasteiger partial charge in [0.1, 0.15) is 5.69 Å². The van der Waals surface area contributed by atoms with Crippen LogP contribution in [0.1, 0.15) is 33.4 Å². The minimum Gasteiger partial charge on any atom is -0.436 e. The Bertz CT molecular complexity index is 373. The zero-order valence-corrected chi connectivity index (χ0v) is 10.0. The van der Waals surface area contributed by atoms with Crippen molar-refractivity contribution in [2.45, 2.75) is 33.3 Å². The summed E-state index contributed by atoms with van der Waals surface area (Å²) in [6, 6.07) is 3.51. The Morgan fingerprint density at radius 3 is 2.38 bits per heavy atom. The van der Waals surface area contributed by atoms with E-state index in [0.29, 0.717) is 5.69 Å². The van der Waals surface area contributed by atoms with Crippen molar-refractivity contribution in [3.05, 3.63) is 24.0 Å². The number of amides is 1. The van der Waals surface area contributed by atoms with Crippen molar-refractivity contribution in [2.75, 3.05) is 0 Å². The van der Waals surface area contributed by atoms with Crippen LogP contribution in [0.2, 0.25) is 0 Å². The van der Waals surface area contributed by atoms with Gasteiger partial charge in [-0.15, -0.1) is 0 Å². The molecule has 0 aliphatic heterocycles. The van der Waals surface area contributed by atoms with Gasteiger partial charge in [0.15, 0.2) is 5.60 Å². The number of aromatic nitrogens is 2. The second-order valence-electron chi connectivity index (χ2n) is 4.81. The molecule has 1 unspecified atom stereocenters. The Balaban J connectivity index is 3.21. The van der Waals surface area contributed by atoms with Crippen LogP contribution in [0.3, 0.4) is 0 Å². The Morgan fingerprint density at radius 2 is 2.00 bits per heavy atom. The maximum atomic E-state index is 11.0. The second-order valence-corrected chi connectivity index (χ2v) is 4.81. The first-order chi connectivity index (χ1) is 7.27. The van der Waals surface area contributed by atoms with Gasteiger partial charge in [-0.1, -0.05) is 20.8 Å². The highest BCUT2D eigenvalue weighted by Gasteiger charge is 2.44. The average molecular weight is 223 g/mol. The maximum Gasteiger partial charge on any atom is 0.405 e. The molecule has 0 saturated heterocycles. The molecule has 1 amide bonds. The van der Waals surface area contributed by atoms with Gasteiger partial charge in [-0.2, -0.15) is 10.2 Å². The third-order valence-electron chi connectivity index (χ3n) is 2.80. The van der Waals surface area contributed by atoms with E-state index in [1.807, 2.05) is 20.8 Å². The zero-order valence-electron chi connectivity index (χ0n) is 10.0. The number of rotatable bonds is 2. The highest BCUT2D eigenvalue weighted by atomic mass is 16.6. The summed E-state index contributed by atoms with van der Waals surface area (Å²) in [4.78, 5) is 11.0. The first kappa shape index (κ1) is 12.4. The van der Waals surface area contributed by atoms with Crippen molar-refractivity contribution in [2.24, 2.45) is 11.1 Å². The molecular weight excluding hydrogens is 206 g/mol. The van der Waals surface area contributed by atoms with E-state index in [1.54, 1.807) is 25.3 Å². The van der Waals surface area contributed by atoms with Crippen LogP contribution >= 0.6 is 0 Å². The van der Waals surface area contributed by atoms with Gasteiger partial charge < -0.3 is 10.5 Å². The van der Waals surface area contributed by atoms with Crippen LogP contribution in [0.15, 0.2) is 18.3 Å². The molecule has 0 spiro atoms. The van der Waals surface area contributed by atoms with E-state index in [0.717, 1.165) is 0 Å². The highest BCUT2D eigenvalue weighted by molar-refractivity contribution is 5.65. The van der Waals surface area contributed by atoms with Crippen molar-refractivity contribution >= 4 is 6.09 Å². The summed E-state index contributed by atoms with van der Waals surface area (Å²) in [6.45, 7) is 7.63. The Morgan fingerprint density at radius 1 is 1.38 bits per heavy atom. The average Bonchev–Trinajstić information content (AvgIpc) is 2.16. The lowest BCUT2D eigenvalue weighted by Gasteiger charge is -2.39. The van der Waals surface area contributed by atoms with Crippen molar-refractivity contribution in [3.63, 3.8) is 0 Å². The van der Waals surface area contributed by atoms with Crippen molar-refractivity contribution < 1.29 is 9.53 Å². The summed E-state index contributed by atoms with van der Waals surface area (Å²) in [6.07, 6.45) is 0.750. The van der Waals surface area contributed by atoms with Gasteiger partial charge in [-0.05, 0) is 19.1 Å². The molecule has 0 aliphatic carbocycles. The SMILES string of the molecule is CC(C)(C)C(C)(OC(N)=O)c1cccnn1. The van der Waals surface area contributed by atoms with E-state index >= 15 is 0 Å². The summed E-state index contributed by atoms with van der Waals surface area (Å²) in [5, 5.41) is 7.78. The van der Waals surface area contributed by atoms with Gasteiger partial charge in [0.25, 0.3) is 0 Å². The number of primary amides is 1. The van der Waals surface area contributed by atoms with Gasteiger partial charge in [0.2, 0.25) is 0 Å². The van der Waals surface area contributed by atoms with Gasteiger partial charge in [-0.25, -0.2) is 4.79 Å². The van der Waals surface area contributed by atoms with E-state index in [9.17, 15) is 4.79 Å². The smallest absolute Gasteiger partial charge is 0.405 e. The minimum absolute atomic E-state index is 0.335. The molecule has 0 fully saturated rings. The fourth-order valence-corrected chi connectivity index (χ4v) is 1.35. The number of carbonyl (C=O) groups excluding carboxylic acids is 1. The Kier molecular flexibility index (Phi) is 3.16. The molecule has 1 rings (SSSR count). The largest absolute Gasteiger partial charge is 0.436 e. The quantitative estimate of drug-likeness (QED) is 0.829. The van der Waals surface area contributed by atoms with Gasteiger partial charge in [-0.3, -0.25) is 0 Å². The van der Waals surface area contributed by atoms with E-state index < -0.39 is 11.7 Å². The Hall–Kier alpha value is -1.65. The molecular formula is C11H17N3O2. The molecule has 0 saturated carbocycles. The molecule has 2 N–H and O–H groups in total. The summed E-state index contributed by atoms with van der Waals surface area (Å²) < 4.78 is 5.22. The number of nitrogens with zero attached hydrogens (tertiary/aromatic N) is 2. The molecule has 1 atom stereocenters. The highest BCUT2D eigenvalue weighted by Crippen LogP contribution is 2.41. The number of nitrogens with two attached hydrogens (primary N) is 1. The third-order valence-corrected chi connectivity index (χ3v) is 2.80. The molecule has 0 bridgehead atoms.